The fourth-order valence-corrected chi connectivity index (χ4v) is 4.09. The molecule has 28 heavy (non-hydrogen) atoms. The Hall–Kier alpha value is -0.120. The van der Waals surface area contributed by atoms with Gasteiger partial charge in [-0.3, -0.25) is 4.99 Å². The summed E-state index contributed by atoms with van der Waals surface area (Å²) in [4.78, 5) is 7.19. The van der Waals surface area contributed by atoms with E-state index in [0.29, 0.717) is 18.2 Å². The maximum Gasteiger partial charge on any atom is 0.191 e. The first kappa shape index (κ1) is 25.9. The summed E-state index contributed by atoms with van der Waals surface area (Å²) >= 11 is 0. The highest BCUT2D eigenvalue weighted by molar-refractivity contribution is 14.0. The van der Waals surface area contributed by atoms with Crippen LogP contribution in [0.2, 0.25) is 0 Å². The molecule has 1 saturated carbocycles. The summed E-state index contributed by atoms with van der Waals surface area (Å²) in [5, 5.41) is 7.34. The van der Waals surface area contributed by atoms with E-state index in [4.69, 9.17) is 9.47 Å². The smallest absolute Gasteiger partial charge is 0.191 e. The molecule has 166 valence electrons. The molecule has 0 spiro atoms. The van der Waals surface area contributed by atoms with Crippen molar-refractivity contribution in [2.45, 2.75) is 84.6 Å². The Balaban J connectivity index is 0.00000392. The second-order valence-electron chi connectivity index (χ2n) is 9.06. The van der Waals surface area contributed by atoms with Crippen molar-refractivity contribution >= 4 is 29.9 Å². The van der Waals surface area contributed by atoms with Crippen LogP contribution in [0.1, 0.15) is 60.8 Å². The van der Waals surface area contributed by atoms with Crippen molar-refractivity contribution in [3.63, 3.8) is 0 Å². The number of hydrogen-bond donors (Lipinski definition) is 2. The van der Waals surface area contributed by atoms with E-state index in [9.17, 15) is 0 Å². The van der Waals surface area contributed by atoms with Crippen LogP contribution in [-0.4, -0.2) is 74.5 Å². The van der Waals surface area contributed by atoms with Crippen molar-refractivity contribution in [2.75, 3.05) is 39.9 Å². The van der Waals surface area contributed by atoms with Gasteiger partial charge in [0.2, 0.25) is 0 Å². The number of hydrogen-bond acceptors (Lipinski definition) is 4. The van der Waals surface area contributed by atoms with E-state index < -0.39 is 0 Å². The normalized spacial score (nSPS) is 28.6. The number of guanidine groups is 1. The molecular formula is C21H43IN4O2. The number of piperidine rings is 1. The predicted molar refractivity (Wildman–Crippen MR) is 128 cm³/mol. The predicted octanol–water partition coefficient (Wildman–Crippen LogP) is 3.25. The summed E-state index contributed by atoms with van der Waals surface area (Å²) in [5.74, 6) is 0.954. The minimum absolute atomic E-state index is 0. The van der Waals surface area contributed by atoms with Crippen LogP contribution in [0.15, 0.2) is 4.99 Å². The monoisotopic (exact) mass is 510 g/mol. The molecule has 2 N–H and O–H groups in total. The number of likely N-dealkylation sites (tertiary alicyclic amines) is 1. The summed E-state index contributed by atoms with van der Waals surface area (Å²) in [7, 11) is 1.82. The molecule has 0 aromatic rings. The third kappa shape index (κ3) is 6.44. The van der Waals surface area contributed by atoms with Crippen molar-refractivity contribution < 1.29 is 9.47 Å². The molecule has 2 unspecified atom stereocenters. The number of nitrogens with one attached hydrogen (secondary N) is 2. The summed E-state index contributed by atoms with van der Waals surface area (Å²) in [6.45, 7) is 17.9. The van der Waals surface area contributed by atoms with Gasteiger partial charge >= 0.3 is 0 Å². The van der Waals surface area contributed by atoms with Crippen molar-refractivity contribution in [3.8, 4) is 0 Å². The Morgan fingerprint density at radius 3 is 2.32 bits per heavy atom. The highest BCUT2D eigenvalue weighted by Gasteiger charge is 2.58. The summed E-state index contributed by atoms with van der Waals surface area (Å²) in [5.41, 5.74) is 0.0170. The Kier molecular flexibility index (Phi) is 10.5. The quantitative estimate of drug-likeness (QED) is 0.298. The van der Waals surface area contributed by atoms with E-state index in [1.807, 2.05) is 7.11 Å². The van der Waals surface area contributed by atoms with Gasteiger partial charge in [0.1, 0.15) is 0 Å². The largest absolute Gasteiger partial charge is 0.378 e. The number of rotatable bonds is 8. The first-order chi connectivity index (χ1) is 12.7. The Bertz CT molecular complexity index is 493. The molecule has 2 atom stereocenters. The standard InChI is InChI=1S/C21H42N4O2.HI/c1-8-22-19(24-18-15-21(6,26-7)20(18,4)5)23-17-9-11-25(12-10-17)13-14-27-16(2)3;/h16-18H,8-15H2,1-7H3,(H2,22,23,24);1H. The minimum atomic E-state index is -0.0641. The summed E-state index contributed by atoms with van der Waals surface area (Å²) < 4.78 is 11.4. The van der Waals surface area contributed by atoms with Gasteiger partial charge < -0.3 is 25.0 Å². The Morgan fingerprint density at radius 1 is 1.18 bits per heavy atom. The summed E-state index contributed by atoms with van der Waals surface area (Å²) in [6.07, 6.45) is 3.62. The molecular weight excluding hydrogens is 467 g/mol. The van der Waals surface area contributed by atoms with Crippen LogP contribution in [0.3, 0.4) is 0 Å². The molecule has 1 saturated heterocycles. The Morgan fingerprint density at radius 2 is 1.82 bits per heavy atom. The van der Waals surface area contributed by atoms with Gasteiger partial charge in [-0.1, -0.05) is 13.8 Å². The molecule has 0 aromatic carbocycles. The maximum atomic E-state index is 5.75. The number of methoxy groups -OCH3 is 1. The minimum Gasteiger partial charge on any atom is -0.378 e. The molecule has 0 amide bonds. The first-order valence-electron chi connectivity index (χ1n) is 10.7. The van der Waals surface area contributed by atoms with Gasteiger partial charge in [-0.2, -0.15) is 0 Å². The van der Waals surface area contributed by atoms with Gasteiger partial charge in [-0.05, 0) is 47.0 Å². The fraction of sp³-hybridized carbons (Fsp3) is 0.952. The molecule has 1 heterocycles. The van der Waals surface area contributed by atoms with Crippen LogP contribution in [0.4, 0.5) is 0 Å². The van der Waals surface area contributed by atoms with Crippen LogP contribution >= 0.6 is 24.0 Å². The SMILES string of the molecule is CCN=C(NC1CCN(CCOC(C)C)CC1)NC1CC(C)(OC)C1(C)C.I. The second-order valence-corrected chi connectivity index (χ2v) is 9.06. The van der Waals surface area contributed by atoms with Crippen molar-refractivity contribution in [1.82, 2.24) is 15.5 Å². The van der Waals surface area contributed by atoms with E-state index in [-0.39, 0.29) is 35.0 Å². The van der Waals surface area contributed by atoms with Gasteiger partial charge in [0.05, 0.1) is 18.3 Å². The number of aliphatic imine (C=N–C) groups is 1. The molecule has 0 bridgehead atoms. The van der Waals surface area contributed by atoms with Crippen LogP contribution in [0, 0.1) is 5.41 Å². The molecule has 7 heteroatoms. The van der Waals surface area contributed by atoms with E-state index in [0.717, 1.165) is 58.0 Å². The van der Waals surface area contributed by atoms with Crippen LogP contribution < -0.4 is 10.6 Å². The fourth-order valence-electron chi connectivity index (χ4n) is 4.09. The Labute approximate surface area is 189 Å². The van der Waals surface area contributed by atoms with E-state index >= 15 is 0 Å². The molecule has 1 aliphatic heterocycles. The lowest BCUT2D eigenvalue weighted by atomic mass is 9.56. The highest BCUT2D eigenvalue weighted by Crippen LogP contribution is 2.51. The highest BCUT2D eigenvalue weighted by atomic mass is 127. The molecule has 2 fully saturated rings. The lowest BCUT2D eigenvalue weighted by Crippen LogP contribution is -2.70. The topological polar surface area (TPSA) is 58.1 Å². The second kappa shape index (κ2) is 11.3. The molecule has 2 rings (SSSR count). The number of halogens is 1. The van der Waals surface area contributed by atoms with E-state index in [2.05, 4.69) is 62.1 Å². The third-order valence-corrected chi connectivity index (χ3v) is 6.69. The first-order valence-corrected chi connectivity index (χ1v) is 10.7. The van der Waals surface area contributed by atoms with Crippen molar-refractivity contribution in [1.29, 1.82) is 0 Å². The molecule has 2 aliphatic rings. The molecule has 0 aromatic heterocycles. The zero-order chi connectivity index (χ0) is 20.1. The van der Waals surface area contributed by atoms with Gasteiger partial charge in [0.15, 0.2) is 5.96 Å². The lowest BCUT2D eigenvalue weighted by Gasteiger charge is -2.59. The van der Waals surface area contributed by atoms with E-state index in [1.165, 1.54) is 0 Å². The van der Waals surface area contributed by atoms with Crippen LogP contribution in [0.5, 0.6) is 0 Å². The van der Waals surface area contributed by atoms with Crippen molar-refractivity contribution in [2.24, 2.45) is 10.4 Å². The molecule has 0 radical (unpaired) electrons. The maximum absolute atomic E-state index is 5.75. The van der Waals surface area contributed by atoms with Gasteiger partial charge in [0.25, 0.3) is 0 Å². The lowest BCUT2D eigenvalue weighted by molar-refractivity contribution is -0.176. The average molecular weight is 511 g/mol. The molecule has 6 nitrogen and oxygen atoms in total. The number of ether oxygens (including phenoxy) is 2. The van der Waals surface area contributed by atoms with Crippen LogP contribution in [0.25, 0.3) is 0 Å². The van der Waals surface area contributed by atoms with Crippen molar-refractivity contribution in [3.05, 3.63) is 0 Å². The van der Waals surface area contributed by atoms with Gasteiger partial charge in [-0.25, -0.2) is 0 Å². The van der Waals surface area contributed by atoms with E-state index in [1.54, 1.807) is 0 Å². The third-order valence-electron chi connectivity index (χ3n) is 6.69. The number of nitrogens with zero attached hydrogens (tertiary/aromatic N) is 2. The van der Waals surface area contributed by atoms with Gasteiger partial charge in [0, 0.05) is 50.8 Å². The zero-order valence-electron chi connectivity index (χ0n) is 19.0. The zero-order valence-corrected chi connectivity index (χ0v) is 21.3. The molecule has 1 aliphatic carbocycles. The van der Waals surface area contributed by atoms with Gasteiger partial charge in [-0.15, -0.1) is 24.0 Å². The summed E-state index contributed by atoms with van der Waals surface area (Å²) in [6, 6.07) is 0.871. The average Bonchev–Trinajstić information content (AvgIpc) is 2.62. The van der Waals surface area contributed by atoms with Crippen LogP contribution in [-0.2, 0) is 9.47 Å².